The third kappa shape index (κ3) is 5.04. The molecule has 1 heterocycles. The summed E-state index contributed by atoms with van der Waals surface area (Å²) in [5.41, 5.74) is 2.92. The predicted molar refractivity (Wildman–Crippen MR) is 130 cm³/mol. The van der Waals surface area contributed by atoms with Gasteiger partial charge in [-0.25, -0.2) is 9.37 Å². The van der Waals surface area contributed by atoms with Crippen LogP contribution in [-0.4, -0.2) is 24.1 Å². The number of hydrogen-bond acceptors (Lipinski definition) is 5. The van der Waals surface area contributed by atoms with Gasteiger partial charge >= 0.3 is 0 Å². The van der Waals surface area contributed by atoms with E-state index in [-0.39, 0.29) is 11.7 Å². The van der Waals surface area contributed by atoms with Gasteiger partial charge in [0.15, 0.2) is 11.5 Å². The Hall–Kier alpha value is -3.71. The van der Waals surface area contributed by atoms with E-state index in [0.29, 0.717) is 52.2 Å². The largest absolute Gasteiger partial charge is 0.490 e. The maximum absolute atomic E-state index is 14.2. The first-order valence-corrected chi connectivity index (χ1v) is 11.5. The van der Waals surface area contributed by atoms with Crippen molar-refractivity contribution in [1.29, 1.82) is 0 Å². The summed E-state index contributed by atoms with van der Waals surface area (Å²) >= 11 is 1.35. The number of carbonyl (C=O) groups is 1. The summed E-state index contributed by atoms with van der Waals surface area (Å²) in [6.07, 6.45) is 0. The molecule has 168 valence electrons. The zero-order valence-electron chi connectivity index (χ0n) is 18.3. The lowest BCUT2D eigenvalue weighted by atomic mass is 10.1. The molecule has 0 spiro atoms. The zero-order chi connectivity index (χ0) is 23.2. The van der Waals surface area contributed by atoms with E-state index in [9.17, 15) is 9.18 Å². The Morgan fingerprint density at radius 2 is 1.64 bits per heavy atom. The molecule has 0 aliphatic heterocycles. The first-order chi connectivity index (χ1) is 16.1. The maximum atomic E-state index is 14.2. The van der Waals surface area contributed by atoms with Crippen LogP contribution in [0.2, 0.25) is 0 Å². The van der Waals surface area contributed by atoms with Gasteiger partial charge in [0.2, 0.25) is 0 Å². The average Bonchev–Trinajstić information content (AvgIpc) is 3.31. The average molecular weight is 463 g/mol. The molecule has 33 heavy (non-hydrogen) atoms. The van der Waals surface area contributed by atoms with Gasteiger partial charge in [-0.2, -0.15) is 0 Å². The number of halogens is 1. The number of thiazole rings is 1. The number of anilines is 1. The number of rotatable bonds is 8. The van der Waals surface area contributed by atoms with E-state index in [1.165, 1.54) is 17.4 Å². The molecule has 0 saturated carbocycles. The molecular weight excluding hydrogens is 439 g/mol. The Kier molecular flexibility index (Phi) is 7.00. The van der Waals surface area contributed by atoms with E-state index in [1.807, 2.05) is 43.5 Å². The molecule has 1 amide bonds. The molecule has 0 saturated heterocycles. The van der Waals surface area contributed by atoms with Gasteiger partial charge in [0.1, 0.15) is 10.8 Å². The third-order valence-corrected chi connectivity index (χ3v) is 5.74. The fourth-order valence-electron chi connectivity index (χ4n) is 3.36. The summed E-state index contributed by atoms with van der Waals surface area (Å²) in [7, 11) is 0. The Balaban J connectivity index is 1.61. The summed E-state index contributed by atoms with van der Waals surface area (Å²) in [6.45, 7) is 4.73. The molecular formula is C26H23FN2O3S. The van der Waals surface area contributed by atoms with Crippen LogP contribution < -0.4 is 14.8 Å². The lowest BCUT2D eigenvalue weighted by molar-refractivity contribution is 0.102. The number of benzene rings is 3. The van der Waals surface area contributed by atoms with Crippen LogP contribution in [0, 0.1) is 5.82 Å². The van der Waals surface area contributed by atoms with Crippen LogP contribution in [0.25, 0.3) is 21.8 Å². The normalized spacial score (nSPS) is 10.6. The smallest absolute Gasteiger partial charge is 0.255 e. The minimum atomic E-state index is -0.319. The number of hydrogen-bond donors (Lipinski definition) is 1. The van der Waals surface area contributed by atoms with Crippen molar-refractivity contribution in [2.45, 2.75) is 13.8 Å². The second-order valence-electron chi connectivity index (χ2n) is 7.04. The number of ether oxygens (including phenoxy) is 2. The van der Waals surface area contributed by atoms with Crippen LogP contribution in [0.5, 0.6) is 11.5 Å². The quantitative estimate of drug-likeness (QED) is 0.318. The van der Waals surface area contributed by atoms with Crippen LogP contribution in [-0.2, 0) is 0 Å². The summed E-state index contributed by atoms with van der Waals surface area (Å²) in [5.74, 6) is 0.519. The second kappa shape index (κ2) is 10.3. The molecule has 1 N–H and O–H groups in total. The van der Waals surface area contributed by atoms with Gasteiger partial charge in [-0.3, -0.25) is 4.79 Å². The molecule has 5 nitrogen and oxygen atoms in total. The minimum absolute atomic E-state index is 0.281. The highest BCUT2D eigenvalue weighted by Gasteiger charge is 2.16. The van der Waals surface area contributed by atoms with E-state index in [4.69, 9.17) is 9.47 Å². The van der Waals surface area contributed by atoms with Crippen LogP contribution >= 0.6 is 11.3 Å². The number of nitrogens with zero attached hydrogens (tertiary/aromatic N) is 1. The highest BCUT2D eigenvalue weighted by atomic mass is 32.1. The van der Waals surface area contributed by atoms with Gasteiger partial charge < -0.3 is 14.8 Å². The summed E-state index contributed by atoms with van der Waals surface area (Å²) in [5, 5.41) is 5.40. The van der Waals surface area contributed by atoms with Crippen LogP contribution in [0.15, 0.2) is 72.1 Å². The van der Waals surface area contributed by atoms with Gasteiger partial charge in [0.25, 0.3) is 5.91 Å². The van der Waals surface area contributed by atoms with Crippen molar-refractivity contribution >= 4 is 22.9 Å². The Morgan fingerprint density at radius 3 is 2.39 bits per heavy atom. The molecule has 4 rings (SSSR count). The summed E-state index contributed by atoms with van der Waals surface area (Å²) < 4.78 is 25.4. The first-order valence-electron chi connectivity index (χ1n) is 10.6. The standard InChI is InChI=1S/C26H23FN2O3S/c1-3-31-23-14-13-17(15-24(23)32-4-2)25(30)28-21-12-8-6-10-19(21)22-16-33-26(29-22)18-9-5-7-11-20(18)27/h5-16H,3-4H2,1-2H3,(H,28,30). The van der Waals surface area contributed by atoms with E-state index in [0.717, 1.165) is 5.56 Å². The number of para-hydroxylation sites is 1. The van der Waals surface area contributed by atoms with E-state index >= 15 is 0 Å². The van der Waals surface area contributed by atoms with Crippen LogP contribution in [0.3, 0.4) is 0 Å². The molecule has 4 aromatic rings. The van der Waals surface area contributed by atoms with Crippen molar-refractivity contribution in [3.05, 3.63) is 83.5 Å². The zero-order valence-corrected chi connectivity index (χ0v) is 19.1. The fraction of sp³-hybridized carbons (Fsp3) is 0.154. The number of nitrogens with one attached hydrogen (secondary N) is 1. The molecule has 0 aliphatic carbocycles. The third-order valence-electron chi connectivity index (χ3n) is 4.87. The lowest BCUT2D eigenvalue weighted by Crippen LogP contribution is -2.13. The summed E-state index contributed by atoms with van der Waals surface area (Å²) in [4.78, 5) is 17.6. The second-order valence-corrected chi connectivity index (χ2v) is 7.90. The Labute approximate surface area is 195 Å². The molecule has 0 radical (unpaired) electrons. The van der Waals surface area contributed by atoms with Crippen LogP contribution in [0.1, 0.15) is 24.2 Å². The van der Waals surface area contributed by atoms with Crippen molar-refractivity contribution in [2.24, 2.45) is 0 Å². The Bertz CT molecular complexity index is 1270. The molecule has 7 heteroatoms. The summed E-state index contributed by atoms with van der Waals surface area (Å²) in [6, 6.07) is 19.0. The molecule has 0 bridgehead atoms. The molecule has 3 aromatic carbocycles. The highest BCUT2D eigenvalue weighted by Crippen LogP contribution is 2.34. The molecule has 0 aliphatic rings. The van der Waals surface area contributed by atoms with Gasteiger partial charge in [-0.15, -0.1) is 11.3 Å². The monoisotopic (exact) mass is 462 g/mol. The van der Waals surface area contributed by atoms with Gasteiger partial charge in [-0.05, 0) is 50.2 Å². The van der Waals surface area contributed by atoms with E-state index in [2.05, 4.69) is 10.3 Å². The molecule has 0 atom stereocenters. The predicted octanol–water partition coefficient (Wildman–Crippen LogP) is 6.67. The number of amides is 1. The van der Waals surface area contributed by atoms with Gasteiger partial charge in [0, 0.05) is 22.1 Å². The first kappa shape index (κ1) is 22.5. The lowest BCUT2D eigenvalue weighted by Gasteiger charge is -2.13. The van der Waals surface area contributed by atoms with Crippen molar-refractivity contribution in [3.63, 3.8) is 0 Å². The van der Waals surface area contributed by atoms with Crippen molar-refractivity contribution < 1.29 is 18.7 Å². The highest BCUT2D eigenvalue weighted by molar-refractivity contribution is 7.13. The Morgan fingerprint density at radius 1 is 0.939 bits per heavy atom. The molecule has 0 fully saturated rings. The van der Waals surface area contributed by atoms with Crippen molar-refractivity contribution in [2.75, 3.05) is 18.5 Å². The fourth-order valence-corrected chi connectivity index (χ4v) is 4.20. The topological polar surface area (TPSA) is 60.5 Å². The van der Waals surface area contributed by atoms with Crippen molar-refractivity contribution in [1.82, 2.24) is 4.98 Å². The minimum Gasteiger partial charge on any atom is -0.490 e. The number of carbonyl (C=O) groups excluding carboxylic acids is 1. The SMILES string of the molecule is CCOc1ccc(C(=O)Nc2ccccc2-c2csc(-c3ccccc3F)n2)cc1OCC. The van der Waals surface area contributed by atoms with Crippen LogP contribution in [0.4, 0.5) is 10.1 Å². The van der Waals surface area contributed by atoms with Crippen molar-refractivity contribution in [3.8, 4) is 33.3 Å². The molecule has 1 aromatic heterocycles. The maximum Gasteiger partial charge on any atom is 0.255 e. The van der Waals surface area contributed by atoms with E-state index < -0.39 is 0 Å². The molecule has 0 unspecified atom stereocenters. The van der Waals surface area contributed by atoms with E-state index in [1.54, 1.807) is 36.4 Å². The van der Waals surface area contributed by atoms with Gasteiger partial charge in [-0.1, -0.05) is 30.3 Å². The number of aromatic nitrogens is 1. The van der Waals surface area contributed by atoms with Gasteiger partial charge in [0.05, 0.1) is 24.6 Å².